The van der Waals surface area contributed by atoms with Crippen LogP contribution in [0.25, 0.3) is 0 Å². The van der Waals surface area contributed by atoms with Gasteiger partial charge in [-0.2, -0.15) is 5.90 Å². The second-order valence-corrected chi connectivity index (χ2v) is 8.50. The highest BCUT2D eigenvalue weighted by molar-refractivity contribution is 5.72. The SMILES string of the molecule is NCCCC(Cc1cn(C2C3CC4CC(C3)CC2C4)cn1)C(=O)ON. The molecule has 0 amide bonds. The highest BCUT2D eigenvalue weighted by atomic mass is 16.7. The molecule has 1 atom stereocenters. The first-order valence-corrected chi connectivity index (χ1v) is 9.81. The molecule has 0 aliphatic heterocycles. The zero-order valence-corrected chi connectivity index (χ0v) is 14.8. The van der Waals surface area contributed by atoms with E-state index in [0.717, 1.165) is 35.8 Å². The van der Waals surface area contributed by atoms with Gasteiger partial charge in [0.15, 0.2) is 0 Å². The molecule has 1 aromatic rings. The lowest BCUT2D eigenvalue weighted by Gasteiger charge is -2.54. The van der Waals surface area contributed by atoms with Gasteiger partial charge < -0.3 is 15.1 Å². The van der Waals surface area contributed by atoms with Gasteiger partial charge in [0.1, 0.15) is 0 Å². The Morgan fingerprint density at radius 3 is 2.52 bits per heavy atom. The van der Waals surface area contributed by atoms with E-state index in [-0.39, 0.29) is 11.9 Å². The normalized spacial score (nSPS) is 34.2. The second-order valence-electron chi connectivity index (χ2n) is 8.50. The van der Waals surface area contributed by atoms with E-state index in [1.54, 1.807) is 0 Å². The lowest BCUT2D eigenvalue weighted by atomic mass is 9.54. The molecule has 138 valence electrons. The van der Waals surface area contributed by atoms with Gasteiger partial charge in [0, 0.05) is 18.7 Å². The Bertz CT molecular complexity index is 586. The third-order valence-electron chi connectivity index (χ3n) is 6.84. The van der Waals surface area contributed by atoms with Crippen LogP contribution in [0.2, 0.25) is 0 Å². The van der Waals surface area contributed by atoms with Crippen LogP contribution in [0.15, 0.2) is 12.5 Å². The lowest BCUT2D eigenvalue weighted by molar-refractivity contribution is -0.149. The molecule has 0 saturated heterocycles. The number of aromatic nitrogens is 2. The molecule has 4 aliphatic rings. The zero-order valence-electron chi connectivity index (χ0n) is 14.8. The minimum Gasteiger partial charge on any atom is -0.373 e. The summed E-state index contributed by atoms with van der Waals surface area (Å²) in [5.41, 5.74) is 6.54. The number of nitrogens with two attached hydrogens (primary N) is 2. The number of imidazole rings is 1. The van der Waals surface area contributed by atoms with Crippen molar-refractivity contribution in [2.45, 2.75) is 57.4 Å². The van der Waals surface area contributed by atoms with Crippen molar-refractivity contribution in [3.63, 3.8) is 0 Å². The van der Waals surface area contributed by atoms with Crippen molar-refractivity contribution in [2.24, 2.45) is 41.2 Å². The molecule has 25 heavy (non-hydrogen) atoms. The Kier molecular flexibility index (Phi) is 4.82. The lowest BCUT2D eigenvalue weighted by Crippen LogP contribution is -2.45. The number of hydrogen-bond acceptors (Lipinski definition) is 5. The minimum atomic E-state index is -0.363. The maximum atomic E-state index is 11.9. The van der Waals surface area contributed by atoms with Gasteiger partial charge in [-0.3, -0.25) is 4.79 Å². The molecule has 0 radical (unpaired) electrons. The summed E-state index contributed by atoms with van der Waals surface area (Å²) in [5, 5.41) is 0. The average Bonchev–Trinajstić information content (AvgIpc) is 3.05. The molecule has 6 heteroatoms. The van der Waals surface area contributed by atoms with Crippen LogP contribution < -0.4 is 11.6 Å². The van der Waals surface area contributed by atoms with Crippen LogP contribution in [-0.4, -0.2) is 22.1 Å². The average molecular weight is 346 g/mol. The summed E-state index contributed by atoms with van der Waals surface area (Å²) >= 11 is 0. The summed E-state index contributed by atoms with van der Waals surface area (Å²) in [6, 6.07) is 0.609. The van der Waals surface area contributed by atoms with Crippen LogP contribution in [0, 0.1) is 29.6 Å². The number of carbonyl (C=O) groups is 1. The zero-order chi connectivity index (χ0) is 17.4. The molecule has 5 rings (SSSR count). The van der Waals surface area contributed by atoms with Crippen LogP contribution in [0.5, 0.6) is 0 Å². The van der Waals surface area contributed by atoms with Crippen molar-refractivity contribution in [2.75, 3.05) is 6.54 Å². The molecule has 1 unspecified atom stereocenters. The van der Waals surface area contributed by atoms with Gasteiger partial charge in [-0.1, -0.05) is 0 Å². The molecule has 0 spiro atoms. The monoisotopic (exact) mass is 346 g/mol. The molecule has 1 heterocycles. The molecule has 4 N–H and O–H groups in total. The van der Waals surface area contributed by atoms with Crippen LogP contribution in [0.4, 0.5) is 0 Å². The van der Waals surface area contributed by atoms with Crippen molar-refractivity contribution < 1.29 is 9.63 Å². The molecule has 6 nitrogen and oxygen atoms in total. The van der Waals surface area contributed by atoms with Crippen LogP contribution in [0.1, 0.15) is 56.7 Å². The van der Waals surface area contributed by atoms with E-state index in [2.05, 4.69) is 20.6 Å². The molecule has 4 bridgehead atoms. The molecule has 4 fully saturated rings. The van der Waals surface area contributed by atoms with Crippen LogP contribution in [-0.2, 0) is 16.1 Å². The van der Waals surface area contributed by atoms with Crippen molar-refractivity contribution in [3.05, 3.63) is 18.2 Å². The van der Waals surface area contributed by atoms with Gasteiger partial charge in [0.05, 0.1) is 17.9 Å². The predicted octanol–water partition coefficient (Wildman–Crippen LogP) is 2.19. The Hall–Kier alpha value is -1.40. The van der Waals surface area contributed by atoms with Gasteiger partial charge in [0.2, 0.25) is 0 Å². The van der Waals surface area contributed by atoms with E-state index >= 15 is 0 Å². The van der Waals surface area contributed by atoms with E-state index in [4.69, 9.17) is 11.6 Å². The van der Waals surface area contributed by atoms with Gasteiger partial charge in [-0.15, -0.1) is 0 Å². The summed E-state index contributed by atoms with van der Waals surface area (Å²) in [6.45, 7) is 0.566. The Balaban J connectivity index is 1.45. The van der Waals surface area contributed by atoms with E-state index in [1.807, 2.05) is 6.33 Å². The molecular weight excluding hydrogens is 316 g/mol. The summed E-state index contributed by atoms with van der Waals surface area (Å²) in [6.07, 6.45) is 13.2. The summed E-state index contributed by atoms with van der Waals surface area (Å²) in [4.78, 5) is 21.0. The van der Waals surface area contributed by atoms with Crippen molar-refractivity contribution in [1.29, 1.82) is 0 Å². The molecular formula is C19H30N4O2. The first kappa shape index (κ1) is 17.0. The van der Waals surface area contributed by atoms with Gasteiger partial charge in [-0.05, 0) is 75.2 Å². The minimum absolute atomic E-state index is 0.254. The number of nitrogens with zero attached hydrogens (tertiary/aromatic N) is 2. The first-order chi connectivity index (χ1) is 12.2. The van der Waals surface area contributed by atoms with E-state index in [9.17, 15) is 4.79 Å². The fraction of sp³-hybridized carbons (Fsp3) is 0.789. The van der Waals surface area contributed by atoms with Gasteiger partial charge in [-0.25, -0.2) is 4.98 Å². The topological polar surface area (TPSA) is 96.2 Å². The highest BCUT2D eigenvalue weighted by Gasteiger charge is 2.48. The van der Waals surface area contributed by atoms with E-state index < -0.39 is 0 Å². The highest BCUT2D eigenvalue weighted by Crippen LogP contribution is 2.58. The predicted molar refractivity (Wildman–Crippen MR) is 94.1 cm³/mol. The Morgan fingerprint density at radius 2 is 1.92 bits per heavy atom. The standard InChI is InChI=1S/C19H30N4O2/c20-3-1-2-14(19(24)25-21)9-17-10-23(11-22-17)18-15-5-12-4-13(7-15)8-16(18)6-12/h10-16,18H,1-9,20-21H2. The number of rotatable bonds is 7. The molecule has 0 aromatic carbocycles. The number of carbonyl (C=O) groups excluding carboxylic acids is 1. The number of hydrogen-bond donors (Lipinski definition) is 2. The van der Waals surface area contributed by atoms with Crippen molar-refractivity contribution in [1.82, 2.24) is 9.55 Å². The second kappa shape index (κ2) is 7.08. The third kappa shape index (κ3) is 3.34. The molecule has 4 aliphatic carbocycles. The van der Waals surface area contributed by atoms with Gasteiger partial charge >= 0.3 is 5.97 Å². The summed E-state index contributed by atoms with van der Waals surface area (Å²) in [7, 11) is 0. The van der Waals surface area contributed by atoms with E-state index in [0.29, 0.717) is 25.4 Å². The smallest absolute Gasteiger partial charge is 0.327 e. The quantitative estimate of drug-likeness (QED) is 0.738. The third-order valence-corrected chi connectivity index (χ3v) is 6.84. The van der Waals surface area contributed by atoms with E-state index in [1.165, 1.54) is 32.1 Å². The Labute approximate surface area is 149 Å². The largest absolute Gasteiger partial charge is 0.373 e. The maximum absolute atomic E-state index is 11.9. The van der Waals surface area contributed by atoms with Crippen LogP contribution >= 0.6 is 0 Å². The summed E-state index contributed by atoms with van der Waals surface area (Å²) < 4.78 is 2.34. The van der Waals surface area contributed by atoms with Crippen molar-refractivity contribution in [3.8, 4) is 0 Å². The van der Waals surface area contributed by atoms with Gasteiger partial charge in [0.25, 0.3) is 0 Å². The molecule has 4 saturated carbocycles. The fourth-order valence-corrected chi connectivity index (χ4v) is 6.05. The summed E-state index contributed by atoms with van der Waals surface area (Å²) in [5.74, 6) is 8.06. The Morgan fingerprint density at radius 1 is 1.24 bits per heavy atom. The molecule has 1 aromatic heterocycles. The fourth-order valence-electron chi connectivity index (χ4n) is 6.05. The van der Waals surface area contributed by atoms with Crippen molar-refractivity contribution >= 4 is 5.97 Å². The first-order valence-electron chi connectivity index (χ1n) is 9.81. The maximum Gasteiger partial charge on any atom is 0.327 e. The van der Waals surface area contributed by atoms with Crippen LogP contribution in [0.3, 0.4) is 0 Å².